The third kappa shape index (κ3) is 3.55. The largest absolute Gasteiger partial charge is 0.496 e. The van der Waals surface area contributed by atoms with Crippen LogP contribution in [0.4, 0.5) is 0 Å². The highest BCUT2D eigenvalue weighted by Crippen LogP contribution is 2.33. The fraction of sp³-hybridized carbons (Fsp3) is 0.261. The van der Waals surface area contributed by atoms with Crippen LogP contribution in [0.2, 0.25) is 5.02 Å². The van der Waals surface area contributed by atoms with E-state index in [9.17, 15) is 4.79 Å². The molecule has 31 heavy (non-hydrogen) atoms. The van der Waals surface area contributed by atoms with Gasteiger partial charge in [0.25, 0.3) is 5.91 Å². The highest BCUT2D eigenvalue weighted by atomic mass is 35.5. The summed E-state index contributed by atoms with van der Waals surface area (Å²) in [5, 5.41) is 9.15. The maximum absolute atomic E-state index is 13.3. The van der Waals surface area contributed by atoms with Crippen LogP contribution in [0.15, 0.2) is 61.1 Å². The fourth-order valence-electron chi connectivity index (χ4n) is 4.22. The Balaban J connectivity index is 1.35. The van der Waals surface area contributed by atoms with E-state index in [1.165, 1.54) is 0 Å². The number of aromatic nitrogens is 4. The van der Waals surface area contributed by atoms with E-state index in [4.69, 9.17) is 16.3 Å². The number of halogens is 1. The van der Waals surface area contributed by atoms with E-state index >= 15 is 0 Å². The van der Waals surface area contributed by atoms with Gasteiger partial charge in [-0.05, 0) is 43.2 Å². The van der Waals surface area contributed by atoms with Gasteiger partial charge in [-0.15, -0.1) is 10.2 Å². The predicted octanol–water partition coefficient (Wildman–Crippen LogP) is 4.20. The van der Waals surface area contributed by atoms with E-state index in [1.807, 2.05) is 68.9 Å². The lowest BCUT2D eigenvalue weighted by molar-refractivity contribution is 0.0707. The van der Waals surface area contributed by atoms with Crippen molar-refractivity contribution in [2.45, 2.75) is 18.8 Å². The number of piperidine rings is 1. The molecule has 0 atom stereocenters. The lowest BCUT2D eigenvalue weighted by Gasteiger charge is -2.31. The summed E-state index contributed by atoms with van der Waals surface area (Å²) in [6.45, 7) is 1.29. The van der Waals surface area contributed by atoms with Crippen molar-refractivity contribution >= 4 is 23.2 Å². The number of fused-ring (bicyclic) bond motifs is 1. The average molecular weight is 436 g/mol. The van der Waals surface area contributed by atoms with Crippen LogP contribution in [0.25, 0.3) is 11.3 Å². The Labute approximate surface area is 184 Å². The Morgan fingerprint density at radius 2 is 1.81 bits per heavy atom. The molecule has 0 saturated carbocycles. The Morgan fingerprint density at radius 3 is 2.55 bits per heavy atom. The Hall–Kier alpha value is -3.32. The van der Waals surface area contributed by atoms with E-state index in [1.54, 1.807) is 13.2 Å². The highest BCUT2D eigenvalue weighted by Gasteiger charge is 2.29. The molecule has 0 aliphatic carbocycles. The molecule has 1 saturated heterocycles. The lowest BCUT2D eigenvalue weighted by Crippen LogP contribution is -2.38. The van der Waals surface area contributed by atoms with Crippen LogP contribution in [0, 0.1) is 0 Å². The van der Waals surface area contributed by atoms with Gasteiger partial charge >= 0.3 is 0 Å². The van der Waals surface area contributed by atoms with E-state index in [-0.39, 0.29) is 11.8 Å². The molecule has 3 aromatic heterocycles. The van der Waals surface area contributed by atoms with E-state index in [0.717, 1.165) is 30.0 Å². The molecule has 7 nitrogen and oxygen atoms in total. The van der Waals surface area contributed by atoms with Crippen molar-refractivity contribution in [3.05, 3.63) is 77.5 Å². The number of carbonyl (C=O) groups excluding carboxylic acids is 1. The standard InChI is InChI=1S/C23H22ClN5O2/c1-31-20-15-19(27-9-4-5-10-27)18(24)14-17(20)23(30)28-12-7-16(8-13-28)22-26-25-21-6-2-3-11-29(21)22/h2-6,9-11,14-16H,7-8,12-13H2,1H3. The SMILES string of the molecule is COc1cc(-n2cccc2)c(Cl)cc1C(=O)N1CCC(c2nnc3ccccn23)CC1. The molecule has 0 spiro atoms. The molecular formula is C23H22ClN5O2. The Morgan fingerprint density at radius 1 is 1.06 bits per heavy atom. The first-order chi connectivity index (χ1) is 15.2. The summed E-state index contributed by atoms with van der Waals surface area (Å²) in [6.07, 6.45) is 7.46. The van der Waals surface area contributed by atoms with Gasteiger partial charge in [0.05, 0.1) is 23.4 Å². The van der Waals surface area contributed by atoms with Crippen molar-refractivity contribution in [1.29, 1.82) is 0 Å². The summed E-state index contributed by atoms with van der Waals surface area (Å²) >= 11 is 6.51. The minimum Gasteiger partial charge on any atom is -0.496 e. The molecule has 8 heteroatoms. The number of ether oxygens (including phenoxy) is 1. The molecule has 0 bridgehead atoms. The van der Waals surface area contributed by atoms with Gasteiger partial charge in [-0.3, -0.25) is 9.20 Å². The summed E-state index contributed by atoms with van der Waals surface area (Å²) in [6, 6.07) is 13.2. The first-order valence-corrected chi connectivity index (χ1v) is 10.6. The second kappa shape index (κ2) is 8.07. The summed E-state index contributed by atoms with van der Waals surface area (Å²) in [5.74, 6) is 1.67. The fourth-order valence-corrected chi connectivity index (χ4v) is 4.48. The molecule has 1 aromatic carbocycles. The Bertz CT molecular complexity index is 1230. The summed E-state index contributed by atoms with van der Waals surface area (Å²) in [7, 11) is 1.57. The quantitative estimate of drug-likeness (QED) is 0.482. The van der Waals surface area contributed by atoms with Crippen LogP contribution in [-0.4, -0.2) is 50.2 Å². The van der Waals surface area contributed by atoms with Crippen molar-refractivity contribution in [3.8, 4) is 11.4 Å². The van der Waals surface area contributed by atoms with Crippen molar-refractivity contribution < 1.29 is 9.53 Å². The molecule has 1 aliphatic rings. The van der Waals surface area contributed by atoms with Crippen molar-refractivity contribution in [3.63, 3.8) is 0 Å². The van der Waals surface area contributed by atoms with Crippen LogP contribution < -0.4 is 4.74 Å². The minimum atomic E-state index is -0.0673. The van der Waals surface area contributed by atoms with E-state index in [2.05, 4.69) is 10.2 Å². The number of hydrogen-bond acceptors (Lipinski definition) is 4. The molecule has 0 unspecified atom stereocenters. The third-order valence-electron chi connectivity index (χ3n) is 5.87. The van der Waals surface area contributed by atoms with Crippen LogP contribution in [0.3, 0.4) is 0 Å². The van der Waals surface area contributed by atoms with Crippen LogP contribution >= 0.6 is 11.6 Å². The number of methoxy groups -OCH3 is 1. The molecule has 4 heterocycles. The predicted molar refractivity (Wildman–Crippen MR) is 118 cm³/mol. The highest BCUT2D eigenvalue weighted by molar-refractivity contribution is 6.33. The molecule has 1 fully saturated rings. The van der Waals surface area contributed by atoms with Gasteiger partial charge < -0.3 is 14.2 Å². The van der Waals surface area contributed by atoms with Gasteiger partial charge in [-0.1, -0.05) is 17.7 Å². The topological polar surface area (TPSA) is 64.7 Å². The third-order valence-corrected chi connectivity index (χ3v) is 6.17. The van der Waals surface area contributed by atoms with Crippen LogP contribution in [-0.2, 0) is 0 Å². The zero-order chi connectivity index (χ0) is 21.4. The molecule has 0 radical (unpaired) electrons. The number of benzene rings is 1. The lowest BCUT2D eigenvalue weighted by atomic mass is 9.95. The number of nitrogens with zero attached hydrogens (tertiary/aromatic N) is 5. The van der Waals surface area contributed by atoms with Crippen molar-refractivity contribution in [2.75, 3.05) is 20.2 Å². The molecule has 1 aliphatic heterocycles. The number of pyridine rings is 1. The molecule has 1 amide bonds. The van der Waals surface area contributed by atoms with Gasteiger partial charge in [0, 0.05) is 43.7 Å². The minimum absolute atomic E-state index is 0.0673. The molecule has 4 aromatic rings. The second-order valence-corrected chi connectivity index (χ2v) is 8.05. The molecule has 0 N–H and O–H groups in total. The average Bonchev–Trinajstić information content (AvgIpc) is 3.49. The van der Waals surface area contributed by atoms with Gasteiger partial charge in [0.2, 0.25) is 0 Å². The number of carbonyl (C=O) groups is 1. The Kier molecular flexibility index (Phi) is 5.11. The monoisotopic (exact) mass is 435 g/mol. The van der Waals surface area contributed by atoms with Crippen LogP contribution in [0.1, 0.15) is 34.9 Å². The van der Waals surface area contributed by atoms with Gasteiger partial charge in [-0.25, -0.2) is 0 Å². The zero-order valence-electron chi connectivity index (χ0n) is 17.1. The van der Waals surface area contributed by atoms with E-state index < -0.39 is 0 Å². The first-order valence-electron chi connectivity index (χ1n) is 10.3. The summed E-state index contributed by atoms with van der Waals surface area (Å²) in [5.41, 5.74) is 2.10. The maximum Gasteiger partial charge on any atom is 0.257 e. The molecule has 158 valence electrons. The molecule has 5 rings (SSSR count). The number of rotatable bonds is 4. The van der Waals surface area contributed by atoms with Gasteiger partial charge in [0.15, 0.2) is 5.65 Å². The second-order valence-electron chi connectivity index (χ2n) is 7.65. The smallest absolute Gasteiger partial charge is 0.257 e. The number of likely N-dealkylation sites (tertiary alicyclic amines) is 1. The molecular weight excluding hydrogens is 414 g/mol. The van der Waals surface area contributed by atoms with Crippen molar-refractivity contribution in [1.82, 2.24) is 24.1 Å². The zero-order valence-corrected chi connectivity index (χ0v) is 17.9. The number of hydrogen-bond donors (Lipinski definition) is 0. The number of amides is 1. The van der Waals surface area contributed by atoms with Gasteiger partial charge in [0.1, 0.15) is 11.6 Å². The first kappa shape index (κ1) is 19.6. The summed E-state index contributed by atoms with van der Waals surface area (Å²) in [4.78, 5) is 15.1. The van der Waals surface area contributed by atoms with Crippen LogP contribution in [0.5, 0.6) is 5.75 Å². The van der Waals surface area contributed by atoms with E-state index in [0.29, 0.717) is 29.4 Å². The normalized spacial score (nSPS) is 14.8. The maximum atomic E-state index is 13.3. The van der Waals surface area contributed by atoms with Crippen molar-refractivity contribution in [2.24, 2.45) is 0 Å². The summed E-state index contributed by atoms with van der Waals surface area (Å²) < 4.78 is 9.47. The van der Waals surface area contributed by atoms with Gasteiger partial charge in [-0.2, -0.15) is 0 Å².